The molecule has 2 aromatic carbocycles. The van der Waals surface area contributed by atoms with Crippen LogP contribution in [0, 0.1) is 11.8 Å². The van der Waals surface area contributed by atoms with Gasteiger partial charge in [0.25, 0.3) is 0 Å². The Morgan fingerprint density at radius 1 is 0.484 bits per heavy atom. The quantitative estimate of drug-likeness (QED) is 0.245. The molecule has 0 unspecified atom stereocenters. The van der Waals surface area contributed by atoms with Gasteiger partial charge in [-0.15, -0.1) is 0 Å². The lowest BCUT2D eigenvalue weighted by Crippen LogP contribution is -1.91. The molecule has 0 aliphatic carbocycles. The standard InChI is InChI=1S/C30H46O/c1-25(2)13-9-5-7-11-15-27-17-21-29(22-18-27)31-30-23-19-28(20-24-30)16-12-8-6-10-14-26(3)4/h17-26H,5-16H2,1-4H3. The van der Waals surface area contributed by atoms with E-state index in [1.807, 2.05) is 0 Å². The fourth-order valence-electron chi connectivity index (χ4n) is 4.05. The van der Waals surface area contributed by atoms with Crippen LogP contribution in [0.3, 0.4) is 0 Å². The van der Waals surface area contributed by atoms with E-state index in [1.54, 1.807) is 0 Å². The zero-order valence-corrected chi connectivity index (χ0v) is 20.7. The van der Waals surface area contributed by atoms with Crippen LogP contribution in [0.25, 0.3) is 0 Å². The molecule has 1 nitrogen and oxygen atoms in total. The maximum absolute atomic E-state index is 6.05. The van der Waals surface area contributed by atoms with Crippen molar-refractivity contribution in [2.75, 3.05) is 0 Å². The van der Waals surface area contributed by atoms with E-state index >= 15 is 0 Å². The topological polar surface area (TPSA) is 9.23 Å². The molecule has 0 amide bonds. The Labute approximate surface area is 192 Å². The van der Waals surface area contributed by atoms with Crippen LogP contribution in [0.2, 0.25) is 0 Å². The molecule has 2 aromatic rings. The number of ether oxygens (including phenoxy) is 1. The van der Waals surface area contributed by atoms with Crippen LogP contribution in [0.15, 0.2) is 48.5 Å². The molecule has 0 aliphatic heterocycles. The lowest BCUT2D eigenvalue weighted by atomic mass is 10.0. The van der Waals surface area contributed by atoms with E-state index in [0.717, 1.165) is 23.3 Å². The first-order valence-corrected chi connectivity index (χ1v) is 12.9. The van der Waals surface area contributed by atoms with Gasteiger partial charge < -0.3 is 4.74 Å². The van der Waals surface area contributed by atoms with E-state index in [0.29, 0.717) is 0 Å². The molecule has 0 saturated heterocycles. The van der Waals surface area contributed by atoms with Crippen molar-refractivity contribution >= 4 is 0 Å². The highest BCUT2D eigenvalue weighted by molar-refractivity contribution is 5.34. The Bertz CT molecular complexity index is 620. The zero-order chi connectivity index (χ0) is 22.3. The van der Waals surface area contributed by atoms with Gasteiger partial charge in [-0.25, -0.2) is 0 Å². The third-order valence-electron chi connectivity index (χ3n) is 6.08. The smallest absolute Gasteiger partial charge is 0.127 e. The monoisotopic (exact) mass is 422 g/mol. The molecule has 0 fully saturated rings. The molecule has 0 spiro atoms. The Morgan fingerprint density at radius 2 is 0.839 bits per heavy atom. The summed E-state index contributed by atoms with van der Waals surface area (Å²) in [5.74, 6) is 3.54. The average Bonchev–Trinajstić information content (AvgIpc) is 2.75. The number of aryl methyl sites for hydroxylation is 2. The molecule has 2 rings (SSSR count). The predicted octanol–water partition coefficient (Wildman–Crippen LogP) is 9.78. The number of unbranched alkanes of at least 4 members (excludes halogenated alkanes) is 6. The van der Waals surface area contributed by atoms with E-state index in [2.05, 4.69) is 76.2 Å². The first-order chi connectivity index (χ1) is 15.0. The molecule has 0 bridgehead atoms. The van der Waals surface area contributed by atoms with Crippen molar-refractivity contribution in [3.8, 4) is 11.5 Å². The van der Waals surface area contributed by atoms with Crippen molar-refractivity contribution in [1.29, 1.82) is 0 Å². The van der Waals surface area contributed by atoms with Crippen LogP contribution in [0.1, 0.15) is 103 Å². The molecule has 0 saturated carbocycles. The van der Waals surface area contributed by atoms with Crippen LogP contribution in [0.4, 0.5) is 0 Å². The molecule has 31 heavy (non-hydrogen) atoms. The van der Waals surface area contributed by atoms with Crippen LogP contribution < -0.4 is 4.74 Å². The van der Waals surface area contributed by atoms with Gasteiger partial charge in [-0.05, 0) is 72.9 Å². The minimum Gasteiger partial charge on any atom is -0.457 e. The summed E-state index contributed by atoms with van der Waals surface area (Å²) in [6.45, 7) is 9.26. The maximum Gasteiger partial charge on any atom is 0.127 e. The van der Waals surface area contributed by atoms with E-state index in [-0.39, 0.29) is 0 Å². The molecule has 1 heteroatoms. The highest BCUT2D eigenvalue weighted by Gasteiger charge is 2.01. The van der Waals surface area contributed by atoms with Gasteiger partial charge in [0.05, 0.1) is 0 Å². The van der Waals surface area contributed by atoms with Crippen molar-refractivity contribution in [2.24, 2.45) is 11.8 Å². The largest absolute Gasteiger partial charge is 0.457 e. The van der Waals surface area contributed by atoms with Crippen molar-refractivity contribution in [1.82, 2.24) is 0 Å². The van der Waals surface area contributed by atoms with Crippen LogP contribution >= 0.6 is 0 Å². The summed E-state index contributed by atoms with van der Waals surface area (Å²) in [5.41, 5.74) is 2.83. The summed E-state index contributed by atoms with van der Waals surface area (Å²) >= 11 is 0. The second-order valence-electron chi connectivity index (χ2n) is 10.1. The lowest BCUT2D eigenvalue weighted by molar-refractivity contribution is 0.482. The normalized spacial score (nSPS) is 11.4. The second kappa shape index (κ2) is 15.1. The first kappa shape index (κ1) is 25.5. The van der Waals surface area contributed by atoms with Gasteiger partial charge in [-0.2, -0.15) is 0 Å². The summed E-state index contributed by atoms with van der Waals surface area (Å²) in [7, 11) is 0. The highest BCUT2D eigenvalue weighted by Crippen LogP contribution is 2.23. The molecule has 0 N–H and O–H groups in total. The summed E-state index contributed by atoms with van der Waals surface area (Å²) in [6, 6.07) is 17.3. The second-order valence-corrected chi connectivity index (χ2v) is 10.1. The fraction of sp³-hybridized carbons (Fsp3) is 0.600. The zero-order valence-electron chi connectivity index (χ0n) is 20.7. The van der Waals surface area contributed by atoms with Gasteiger partial charge >= 0.3 is 0 Å². The molecule has 0 atom stereocenters. The Morgan fingerprint density at radius 3 is 1.19 bits per heavy atom. The SMILES string of the molecule is CC(C)CCCCCCc1ccc(Oc2ccc(CCCCCCC(C)C)cc2)cc1. The van der Waals surface area contributed by atoms with Gasteiger partial charge in [0.15, 0.2) is 0 Å². The Hall–Kier alpha value is -1.76. The summed E-state index contributed by atoms with van der Waals surface area (Å²) in [6.07, 6.45) is 15.8. The lowest BCUT2D eigenvalue weighted by Gasteiger charge is -2.09. The van der Waals surface area contributed by atoms with Gasteiger partial charge in [-0.3, -0.25) is 0 Å². The molecule has 0 aliphatic rings. The molecule has 0 aromatic heterocycles. The number of hydrogen-bond donors (Lipinski definition) is 0. The Kier molecular flexibility index (Phi) is 12.4. The molecule has 0 radical (unpaired) electrons. The number of rotatable bonds is 16. The summed E-state index contributed by atoms with van der Waals surface area (Å²) in [4.78, 5) is 0. The maximum atomic E-state index is 6.05. The van der Waals surface area contributed by atoms with Crippen LogP contribution in [0.5, 0.6) is 11.5 Å². The van der Waals surface area contributed by atoms with E-state index in [1.165, 1.54) is 88.2 Å². The van der Waals surface area contributed by atoms with Crippen LogP contribution in [-0.4, -0.2) is 0 Å². The van der Waals surface area contributed by atoms with Gasteiger partial charge in [-0.1, -0.05) is 103 Å². The number of hydrogen-bond acceptors (Lipinski definition) is 1. The van der Waals surface area contributed by atoms with Crippen molar-refractivity contribution < 1.29 is 4.74 Å². The van der Waals surface area contributed by atoms with Crippen molar-refractivity contribution in [3.05, 3.63) is 59.7 Å². The van der Waals surface area contributed by atoms with Crippen molar-refractivity contribution in [2.45, 2.75) is 105 Å². The molecular formula is C30H46O. The van der Waals surface area contributed by atoms with E-state index < -0.39 is 0 Å². The van der Waals surface area contributed by atoms with Crippen LogP contribution in [-0.2, 0) is 12.8 Å². The van der Waals surface area contributed by atoms with E-state index in [9.17, 15) is 0 Å². The van der Waals surface area contributed by atoms with Gasteiger partial charge in [0, 0.05) is 0 Å². The minimum absolute atomic E-state index is 0.841. The fourth-order valence-corrected chi connectivity index (χ4v) is 4.05. The summed E-state index contributed by atoms with van der Waals surface area (Å²) in [5, 5.41) is 0. The minimum atomic E-state index is 0.841. The predicted molar refractivity (Wildman–Crippen MR) is 136 cm³/mol. The summed E-state index contributed by atoms with van der Waals surface area (Å²) < 4.78 is 6.05. The van der Waals surface area contributed by atoms with Gasteiger partial charge in [0.1, 0.15) is 11.5 Å². The highest BCUT2D eigenvalue weighted by atomic mass is 16.5. The Balaban J connectivity index is 1.63. The van der Waals surface area contributed by atoms with E-state index in [4.69, 9.17) is 4.74 Å². The first-order valence-electron chi connectivity index (χ1n) is 12.9. The van der Waals surface area contributed by atoms with Gasteiger partial charge in [0.2, 0.25) is 0 Å². The molecular weight excluding hydrogens is 376 g/mol. The van der Waals surface area contributed by atoms with Crippen molar-refractivity contribution in [3.63, 3.8) is 0 Å². The third-order valence-corrected chi connectivity index (χ3v) is 6.08. The third kappa shape index (κ3) is 12.0. The average molecular weight is 423 g/mol. The number of benzene rings is 2. The molecule has 172 valence electrons. The molecule has 0 heterocycles.